The molecule has 0 amide bonds. The molecule has 0 radical (unpaired) electrons. The maximum atomic E-state index is 13.6. The first-order valence-corrected chi connectivity index (χ1v) is 24.2. The highest BCUT2D eigenvalue weighted by Crippen LogP contribution is 2.41. The van der Waals surface area contributed by atoms with Crippen LogP contribution in [0.15, 0.2) is 137 Å². The van der Waals surface area contributed by atoms with Crippen LogP contribution in [0, 0.1) is 23.0 Å². The predicted molar refractivity (Wildman–Crippen MR) is 258 cm³/mol. The number of aryl methyl sites for hydroxylation is 1. The Bertz CT molecular complexity index is 2660. The summed E-state index contributed by atoms with van der Waals surface area (Å²) < 4.78 is 32.1. The fourth-order valence-electron chi connectivity index (χ4n) is 8.86. The first-order valence-electron chi connectivity index (χ1n) is 21.3. The second kappa shape index (κ2) is 18.7. The number of hydrogen-bond donors (Lipinski definition) is 3. The lowest BCUT2D eigenvalue weighted by Crippen LogP contribution is -2.46. The van der Waals surface area contributed by atoms with Gasteiger partial charge in [-0.05, 0) is 135 Å². The Morgan fingerprint density at radius 2 is 1.54 bits per heavy atom. The summed E-state index contributed by atoms with van der Waals surface area (Å²) in [4.78, 5) is 17.4. The molecule has 1 atom stereocenters. The third-order valence-electron chi connectivity index (χ3n) is 12.3. The average Bonchev–Trinajstić information content (AvgIpc) is 3.57. The number of nitrogens with one attached hydrogen (secondary N) is 2. The molecular weight excluding hydrogens is 852 g/mol. The molecule has 2 aliphatic rings. The van der Waals surface area contributed by atoms with Gasteiger partial charge in [0.05, 0.1) is 21.1 Å². The number of aromatic nitrogens is 1. The fraction of sp³-hybridized carbons (Fsp3) is 0.306. The highest BCUT2D eigenvalue weighted by Gasteiger charge is 2.38. The fourth-order valence-corrected chi connectivity index (χ4v) is 11.1. The number of nitro groups is 1. The smallest absolute Gasteiger partial charge is 0.293 e. The molecule has 0 spiro atoms. The minimum atomic E-state index is -4.15. The summed E-state index contributed by atoms with van der Waals surface area (Å²) in [6, 6.07) is 40.0. The summed E-state index contributed by atoms with van der Waals surface area (Å²) in [5, 5.41) is 26.7. The van der Waals surface area contributed by atoms with Crippen molar-refractivity contribution in [2.45, 2.75) is 61.0 Å². The number of rotatable bonds is 16. The van der Waals surface area contributed by atoms with Gasteiger partial charge in [0.1, 0.15) is 5.69 Å². The molecular formula is C49H53ClN6O5S2. The van der Waals surface area contributed by atoms with Crippen LogP contribution in [0.4, 0.5) is 28.4 Å². The normalized spacial score (nSPS) is 18.1. The molecule has 11 nitrogen and oxygen atoms in total. The van der Waals surface area contributed by atoms with E-state index in [1.807, 2.05) is 61.5 Å². The number of anilines is 4. The topological polar surface area (TPSA) is 133 Å². The van der Waals surface area contributed by atoms with E-state index in [9.17, 15) is 23.6 Å². The van der Waals surface area contributed by atoms with Gasteiger partial charge in [-0.1, -0.05) is 54.1 Å². The minimum absolute atomic E-state index is 0.119. The van der Waals surface area contributed by atoms with Crippen molar-refractivity contribution in [2.24, 2.45) is 13.0 Å². The Hall–Kier alpha value is -5.47. The van der Waals surface area contributed by atoms with Crippen molar-refractivity contribution < 1.29 is 18.4 Å². The van der Waals surface area contributed by atoms with Gasteiger partial charge in [-0.15, -0.1) is 11.8 Å². The van der Waals surface area contributed by atoms with E-state index < -0.39 is 20.5 Å². The molecule has 5 aromatic carbocycles. The van der Waals surface area contributed by atoms with Crippen LogP contribution in [0.5, 0.6) is 0 Å². The molecule has 328 valence electrons. The molecule has 1 aliphatic carbocycles. The largest absolute Gasteiger partial charge is 0.390 e. The van der Waals surface area contributed by atoms with Crippen LogP contribution in [0.25, 0.3) is 22.4 Å². The summed E-state index contributed by atoms with van der Waals surface area (Å²) >= 11 is 7.87. The number of benzene rings is 5. The summed E-state index contributed by atoms with van der Waals surface area (Å²) in [5.41, 5.74) is 7.59. The van der Waals surface area contributed by atoms with Gasteiger partial charge >= 0.3 is 0 Å². The van der Waals surface area contributed by atoms with Crippen molar-refractivity contribution in [3.8, 4) is 22.4 Å². The number of hydrogen-bond acceptors (Lipinski definition) is 9. The monoisotopic (exact) mass is 904 g/mol. The Balaban J connectivity index is 0.899. The highest BCUT2D eigenvalue weighted by molar-refractivity contribution is 7.99. The predicted octanol–water partition coefficient (Wildman–Crippen LogP) is 10.9. The van der Waals surface area contributed by atoms with Crippen LogP contribution in [-0.4, -0.2) is 66.6 Å². The number of nitrogens with zero attached hydrogens (tertiary/aromatic N) is 4. The molecule has 6 aromatic rings. The molecule has 1 saturated carbocycles. The maximum Gasteiger partial charge on any atom is 0.293 e. The molecule has 1 aromatic heterocycles. The molecule has 2 fully saturated rings. The van der Waals surface area contributed by atoms with Gasteiger partial charge in [-0.2, -0.15) is 0 Å². The SMILES string of the molecule is Cc1cc(-c2cccc(N3CCN(c4ccc(NS(=O)(=O)c5ccc(N[C@H](CCC6CC(C)(O)C6)CSc6ccccc6)c([N+](=O)[O-])c5)cc4)CC3)c2)c(-c2ccc(Cl)cc2)n1C. The van der Waals surface area contributed by atoms with Gasteiger partial charge in [0.15, 0.2) is 0 Å². The van der Waals surface area contributed by atoms with E-state index in [4.69, 9.17) is 11.6 Å². The number of halogens is 1. The van der Waals surface area contributed by atoms with Crippen molar-refractivity contribution in [2.75, 3.05) is 51.8 Å². The molecule has 63 heavy (non-hydrogen) atoms. The zero-order valence-corrected chi connectivity index (χ0v) is 38.1. The molecule has 8 rings (SSSR count). The van der Waals surface area contributed by atoms with Crippen molar-refractivity contribution in [3.63, 3.8) is 0 Å². The number of nitro benzene ring substituents is 1. The lowest BCUT2D eigenvalue weighted by Gasteiger charge is -2.41. The van der Waals surface area contributed by atoms with Gasteiger partial charge in [-0.3, -0.25) is 14.8 Å². The Morgan fingerprint density at radius 1 is 0.857 bits per heavy atom. The van der Waals surface area contributed by atoms with E-state index in [1.54, 1.807) is 23.9 Å². The van der Waals surface area contributed by atoms with Crippen LogP contribution in [-0.2, 0) is 17.1 Å². The zero-order chi connectivity index (χ0) is 44.3. The van der Waals surface area contributed by atoms with E-state index in [0.717, 1.165) is 91.0 Å². The van der Waals surface area contributed by atoms with Crippen LogP contribution in [0.1, 0.15) is 38.3 Å². The molecule has 0 unspecified atom stereocenters. The third kappa shape index (κ3) is 10.5. The zero-order valence-electron chi connectivity index (χ0n) is 35.7. The lowest BCUT2D eigenvalue weighted by atomic mass is 9.70. The van der Waals surface area contributed by atoms with Gasteiger partial charge in [-0.25, -0.2) is 8.42 Å². The first-order chi connectivity index (χ1) is 30.2. The van der Waals surface area contributed by atoms with Gasteiger partial charge in [0.25, 0.3) is 15.7 Å². The molecule has 1 aliphatic heterocycles. The van der Waals surface area contributed by atoms with Crippen molar-refractivity contribution >= 4 is 61.8 Å². The molecule has 3 N–H and O–H groups in total. The third-order valence-corrected chi connectivity index (χ3v) is 15.1. The quantitative estimate of drug-likeness (QED) is 0.0493. The van der Waals surface area contributed by atoms with Gasteiger partial charge < -0.3 is 24.8 Å². The number of thioether (sulfide) groups is 1. The summed E-state index contributed by atoms with van der Waals surface area (Å²) in [6.45, 7) is 7.17. The second-order valence-electron chi connectivity index (χ2n) is 17.0. The summed E-state index contributed by atoms with van der Waals surface area (Å²) in [5.74, 6) is 1.06. The van der Waals surface area contributed by atoms with E-state index in [-0.39, 0.29) is 22.3 Å². The molecule has 0 bridgehead atoms. The highest BCUT2D eigenvalue weighted by atomic mass is 35.5. The Labute approximate surface area is 379 Å². The van der Waals surface area contributed by atoms with Crippen LogP contribution in [0.2, 0.25) is 5.02 Å². The van der Waals surface area contributed by atoms with E-state index in [0.29, 0.717) is 22.4 Å². The molecule has 1 saturated heterocycles. The minimum Gasteiger partial charge on any atom is -0.390 e. The summed E-state index contributed by atoms with van der Waals surface area (Å²) in [6.07, 6.45) is 3.11. The Kier molecular flexibility index (Phi) is 13.1. The van der Waals surface area contributed by atoms with Crippen molar-refractivity contribution in [3.05, 3.63) is 148 Å². The van der Waals surface area contributed by atoms with Crippen LogP contribution >= 0.6 is 23.4 Å². The number of aliphatic hydroxyl groups is 1. The average molecular weight is 906 g/mol. The van der Waals surface area contributed by atoms with Crippen molar-refractivity contribution in [1.29, 1.82) is 0 Å². The van der Waals surface area contributed by atoms with E-state index in [2.05, 4.69) is 80.8 Å². The van der Waals surface area contributed by atoms with Crippen LogP contribution < -0.4 is 19.8 Å². The Morgan fingerprint density at radius 3 is 2.21 bits per heavy atom. The second-order valence-corrected chi connectivity index (χ2v) is 20.3. The maximum absolute atomic E-state index is 13.6. The lowest BCUT2D eigenvalue weighted by molar-refractivity contribution is -0.384. The van der Waals surface area contributed by atoms with Crippen molar-refractivity contribution in [1.82, 2.24) is 4.57 Å². The number of piperazine rings is 1. The first kappa shape index (κ1) is 44.1. The van der Waals surface area contributed by atoms with Crippen LogP contribution in [0.3, 0.4) is 0 Å². The van der Waals surface area contributed by atoms with E-state index in [1.165, 1.54) is 23.4 Å². The number of sulfonamides is 1. The van der Waals surface area contributed by atoms with E-state index >= 15 is 0 Å². The molecule has 14 heteroatoms. The standard InChI is InChI=1S/C49H53ClN6O5S2/c1-34-28-45(48(53(34)3)36-13-15-38(50)16-14-36)37-8-7-9-42(29-37)55-26-24-54(25-27-55)41-20-18-39(19-21-41)52-63(60,61)44-22-23-46(47(30-44)56(58)59)51-40(17-12-35-31-49(2,57)32-35)33-62-43-10-5-4-6-11-43/h4-11,13-16,18-23,28-30,35,40,51-52,57H,12,17,24-27,31-33H2,1-3H3/t35?,40-,49?/m1/s1. The van der Waals surface area contributed by atoms with Gasteiger partial charge in [0.2, 0.25) is 0 Å². The van der Waals surface area contributed by atoms with Gasteiger partial charge in [0, 0.05) is 89.3 Å². The summed E-state index contributed by atoms with van der Waals surface area (Å²) in [7, 11) is -2.06. The molecule has 2 heterocycles.